The van der Waals surface area contributed by atoms with E-state index in [0.717, 1.165) is 0 Å². The van der Waals surface area contributed by atoms with Gasteiger partial charge in [0.25, 0.3) is 0 Å². The number of carboxylic acid groups (broad SMARTS) is 1. The van der Waals surface area contributed by atoms with Crippen molar-refractivity contribution in [1.82, 2.24) is 0 Å². The van der Waals surface area contributed by atoms with Crippen LogP contribution in [0.3, 0.4) is 0 Å². The molecule has 0 saturated heterocycles. The summed E-state index contributed by atoms with van der Waals surface area (Å²) in [7, 11) is 0. The van der Waals surface area contributed by atoms with Crippen molar-refractivity contribution in [2.24, 2.45) is 0 Å². The Bertz CT molecular complexity index is 57.1. The first-order valence-electron chi connectivity index (χ1n) is 1.55. The Morgan fingerprint density at radius 3 is 2.00 bits per heavy atom. The van der Waals surface area contributed by atoms with E-state index in [1.165, 1.54) is 6.92 Å². The van der Waals surface area contributed by atoms with Crippen LogP contribution in [0.25, 0.3) is 0 Å². The molecule has 3 nitrogen and oxygen atoms in total. The minimum absolute atomic E-state index is 1.19. The number of hydrogen-bond acceptors (Lipinski definition) is 2. The average Bonchev–Trinajstić information content (AvgIpc) is 1.36. The predicted octanol–water partition coefficient (Wildman–Crippen LogP) is -0.548. The number of carboxylic acids is 1. The maximum absolute atomic E-state index is 9.45. The summed E-state index contributed by atoms with van der Waals surface area (Å²) in [5.41, 5.74) is 0. The molecule has 0 amide bonds. The van der Waals surface area contributed by atoms with Gasteiger partial charge in [0.1, 0.15) is 6.10 Å². The van der Waals surface area contributed by atoms with Crippen molar-refractivity contribution in [1.29, 1.82) is 0 Å². The van der Waals surface area contributed by atoms with E-state index in [-0.39, 0.29) is 0 Å². The molecule has 36 valence electrons. The summed E-state index contributed by atoms with van der Waals surface area (Å²) in [6.45, 7) is 1.20. The zero-order chi connectivity index (χ0) is 5.15. The molecular weight excluding hydrogens is 86.0 g/mol. The highest BCUT2D eigenvalue weighted by molar-refractivity contribution is 5.71. The normalized spacial score (nSPS) is 13.7. The lowest BCUT2D eigenvalue weighted by Crippen LogP contribution is -2.13. The molecule has 0 bridgehead atoms. The Hall–Kier alpha value is -0.570. The van der Waals surface area contributed by atoms with Gasteiger partial charge in [-0.3, -0.25) is 0 Å². The number of carbonyl (C=O) groups is 1. The van der Waals surface area contributed by atoms with Crippen molar-refractivity contribution < 1.29 is 15.0 Å². The number of hydrogen-bond donors (Lipinski definition) is 2. The molecule has 0 saturated carbocycles. The van der Waals surface area contributed by atoms with Gasteiger partial charge in [0.2, 0.25) is 0 Å². The fourth-order valence-corrected chi connectivity index (χ4v) is 0. The van der Waals surface area contributed by atoms with Crippen LogP contribution in [-0.2, 0) is 4.79 Å². The Labute approximate surface area is 35.2 Å². The number of aliphatic hydroxyl groups is 1. The topological polar surface area (TPSA) is 57.5 Å². The monoisotopic (exact) mass is 92.0 g/mol. The van der Waals surface area contributed by atoms with E-state index in [9.17, 15) is 4.79 Å². The van der Waals surface area contributed by atoms with Gasteiger partial charge in [-0.2, -0.15) is 0 Å². The molecule has 1 atom stereocenters. The summed E-state index contributed by atoms with van der Waals surface area (Å²) in [5, 5.41) is 15.8. The third-order valence-corrected chi connectivity index (χ3v) is 0.357. The van der Waals surface area contributed by atoms with E-state index in [1.54, 1.807) is 0 Å². The lowest BCUT2D eigenvalue weighted by molar-refractivity contribution is -0.145. The molecule has 0 rings (SSSR count). The summed E-state index contributed by atoms with van der Waals surface area (Å²) < 4.78 is 0. The molecule has 0 aromatic rings. The smallest absolute Gasteiger partial charge is 0.332 e. The van der Waals surface area contributed by atoms with E-state index in [2.05, 4.69) is 0 Å². The van der Waals surface area contributed by atoms with Gasteiger partial charge in [0, 0.05) is 0 Å². The molecule has 0 radical (unpaired) electrons. The Balaban J connectivity index is 3.26. The summed E-state index contributed by atoms with van der Waals surface area (Å²) in [4.78, 5) is 9.45. The van der Waals surface area contributed by atoms with Crippen LogP contribution in [0, 0.1) is 0 Å². The Morgan fingerprint density at radius 2 is 2.00 bits per heavy atom. The van der Waals surface area contributed by atoms with E-state index < -0.39 is 12.1 Å². The van der Waals surface area contributed by atoms with Crippen molar-refractivity contribution >= 4 is 5.97 Å². The van der Waals surface area contributed by atoms with Crippen LogP contribution in [0.15, 0.2) is 0 Å². The molecule has 6 heavy (non-hydrogen) atoms. The zero-order valence-electron chi connectivity index (χ0n) is 3.38. The summed E-state index contributed by atoms with van der Waals surface area (Å²) in [6, 6.07) is 0. The van der Waals surface area contributed by atoms with Gasteiger partial charge in [0.15, 0.2) is 0 Å². The zero-order valence-corrected chi connectivity index (χ0v) is 3.38. The summed E-state index contributed by atoms with van der Waals surface area (Å²) >= 11 is 0. The van der Waals surface area contributed by atoms with E-state index in [0.29, 0.717) is 0 Å². The van der Waals surface area contributed by atoms with Gasteiger partial charge < -0.3 is 10.2 Å². The van der Waals surface area contributed by atoms with Gasteiger partial charge in [0.05, 0.1) is 0 Å². The van der Waals surface area contributed by atoms with Gasteiger partial charge in [-0.1, -0.05) is 0 Å². The van der Waals surface area contributed by atoms with Crippen molar-refractivity contribution in [3.63, 3.8) is 0 Å². The largest absolute Gasteiger partial charge is 0.479 e. The van der Waals surface area contributed by atoms with Crippen LogP contribution >= 0.6 is 0 Å². The molecule has 0 fully saturated rings. The van der Waals surface area contributed by atoms with Crippen molar-refractivity contribution in [3.8, 4) is 0 Å². The van der Waals surface area contributed by atoms with Crippen molar-refractivity contribution in [2.45, 2.75) is 13.0 Å². The highest BCUT2D eigenvalue weighted by Gasteiger charge is 2.01. The highest BCUT2D eigenvalue weighted by Crippen LogP contribution is 1.73. The lowest BCUT2D eigenvalue weighted by Gasteiger charge is -1.89. The maximum Gasteiger partial charge on any atom is 0.332 e. The second kappa shape index (κ2) is 1.77. The summed E-state index contributed by atoms with van der Waals surface area (Å²) in [5.74, 6) is -1.19. The molecule has 2 N–H and O–H groups in total. The molecule has 0 aromatic carbocycles. The van der Waals surface area contributed by atoms with Gasteiger partial charge in [-0.05, 0) is 6.92 Å². The third kappa shape index (κ3) is 1.72. The molecule has 0 spiro atoms. The number of rotatable bonds is 1. The molecule has 0 aliphatic rings. The van der Waals surface area contributed by atoms with Crippen LogP contribution in [0.2, 0.25) is 0 Å². The van der Waals surface area contributed by atoms with Crippen LogP contribution in [0.4, 0.5) is 0 Å². The van der Waals surface area contributed by atoms with Crippen LogP contribution in [-0.4, -0.2) is 22.3 Å². The van der Waals surface area contributed by atoms with Gasteiger partial charge >= 0.3 is 5.97 Å². The fraction of sp³-hybridized carbons (Fsp3) is 0.667. The molecule has 3 heteroatoms. The molecular formula is C3H6O3. The lowest BCUT2D eigenvalue weighted by atomic mass is 10.6. The second-order valence-corrected chi connectivity index (χ2v) is 1.01. The van der Waals surface area contributed by atoms with Crippen LogP contribution in [0.1, 0.15) is 6.92 Å². The minimum Gasteiger partial charge on any atom is -0.479 e. The Morgan fingerprint density at radius 1 is 1.83 bits per heavy atom. The van der Waals surface area contributed by atoms with Crippen LogP contribution in [0.5, 0.6) is 0 Å². The maximum atomic E-state index is 9.45. The first-order valence-corrected chi connectivity index (χ1v) is 1.55. The predicted molar refractivity (Wildman–Crippen MR) is 19.3 cm³/mol. The third-order valence-electron chi connectivity index (χ3n) is 0.357. The van der Waals surface area contributed by atoms with Crippen molar-refractivity contribution in [3.05, 3.63) is 0 Å². The summed E-state index contributed by atoms with van der Waals surface area (Å²) in [6.07, 6.45) is -1.23. The molecule has 0 aliphatic heterocycles. The van der Waals surface area contributed by atoms with Gasteiger partial charge in [-0.25, -0.2) is 4.79 Å². The Kier molecular flexibility index (Phi) is 1.60. The SMILES string of the molecule is [14CH3]C(O)C(=O)O. The van der Waals surface area contributed by atoms with Crippen LogP contribution < -0.4 is 0 Å². The molecule has 0 aliphatic carbocycles. The quantitative estimate of drug-likeness (QED) is 0.456. The fourth-order valence-electron chi connectivity index (χ4n) is 0. The molecule has 1 unspecified atom stereocenters. The van der Waals surface area contributed by atoms with Crippen molar-refractivity contribution in [2.75, 3.05) is 0 Å². The minimum atomic E-state index is -1.23. The molecule has 0 heterocycles. The van der Waals surface area contributed by atoms with E-state index in [1.807, 2.05) is 0 Å². The van der Waals surface area contributed by atoms with E-state index in [4.69, 9.17) is 10.2 Å². The number of aliphatic carboxylic acids is 1. The number of aliphatic hydroxyl groups excluding tert-OH is 1. The highest BCUT2D eigenvalue weighted by atomic mass is 16.4. The van der Waals surface area contributed by atoms with Gasteiger partial charge in [-0.15, -0.1) is 0 Å². The molecule has 0 aromatic heterocycles. The average molecular weight is 92.1 g/mol. The van der Waals surface area contributed by atoms with E-state index >= 15 is 0 Å². The first-order chi connectivity index (χ1) is 2.64. The first kappa shape index (κ1) is 5.43. The standard InChI is InChI=1S/C3H6O3/c1-2(4)3(5)6/h2,4H,1H3,(H,5,6)/i1+2. The second-order valence-electron chi connectivity index (χ2n) is 1.01.